The molecule has 1 aromatic carbocycles. The second-order valence-corrected chi connectivity index (χ2v) is 7.87. The van der Waals surface area contributed by atoms with Gasteiger partial charge in [-0.15, -0.1) is 0 Å². The normalized spacial score (nSPS) is 29.1. The molecule has 0 bridgehead atoms. The highest BCUT2D eigenvalue weighted by Crippen LogP contribution is 2.35. The van der Waals surface area contributed by atoms with Gasteiger partial charge in [0.15, 0.2) is 6.54 Å². The Kier molecular flexibility index (Phi) is 5.12. The molecular formula is C18H26N2O6+2. The second kappa shape index (κ2) is 6.69. The van der Waals surface area contributed by atoms with Gasteiger partial charge in [-0.25, -0.2) is 9.28 Å². The van der Waals surface area contributed by atoms with Crippen molar-refractivity contribution in [3.05, 3.63) is 35.9 Å². The number of carboxylic acids is 1. The van der Waals surface area contributed by atoms with Crippen molar-refractivity contribution in [2.45, 2.75) is 38.9 Å². The van der Waals surface area contributed by atoms with Crippen LogP contribution in [0, 0.1) is 0 Å². The molecule has 1 aliphatic rings. The summed E-state index contributed by atoms with van der Waals surface area (Å²) in [5, 5.41) is 29.6. The molecule has 0 aromatic heterocycles. The maximum absolute atomic E-state index is 12.2. The lowest BCUT2D eigenvalue weighted by molar-refractivity contribution is -1.00. The quantitative estimate of drug-likeness (QED) is 0.709. The second-order valence-electron chi connectivity index (χ2n) is 7.87. The molecule has 2 rings (SSSR count). The van der Waals surface area contributed by atoms with Crippen molar-refractivity contribution in [1.82, 2.24) is 0 Å². The smallest absolute Gasteiger partial charge is 0.477 e. The molecular weight excluding hydrogens is 340 g/mol. The summed E-state index contributed by atoms with van der Waals surface area (Å²) < 4.78 is -1.19. The Morgan fingerprint density at radius 1 is 1.00 bits per heavy atom. The van der Waals surface area contributed by atoms with Gasteiger partial charge in [0, 0.05) is 5.56 Å². The topological polar surface area (TPSA) is 112 Å². The summed E-state index contributed by atoms with van der Waals surface area (Å²) in [6.07, 6.45) is -2.38. The van der Waals surface area contributed by atoms with Crippen LogP contribution in [0.25, 0.3) is 0 Å². The average molecular weight is 366 g/mol. The molecule has 0 radical (unpaired) electrons. The molecule has 26 heavy (non-hydrogen) atoms. The van der Waals surface area contributed by atoms with Crippen LogP contribution in [-0.4, -0.2) is 73.7 Å². The van der Waals surface area contributed by atoms with Crippen LogP contribution in [0.3, 0.4) is 0 Å². The highest BCUT2D eigenvalue weighted by atomic mass is 16.4. The lowest BCUT2D eigenvalue weighted by Gasteiger charge is -2.51. The minimum atomic E-state index is -1.36. The molecule has 0 aliphatic carbocycles. The number of carboxylic acid groups (broad SMARTS) is 3. The molecule has 0 saturated carbocycles. The summed E-state index contributed by atoms with van der Waals surface area (Å²) in [5.74, 6) is -1.30. The summed E-state index contributed by atoms with van der Waals surface area (Å²) in [6.45, 7) is 4.88. The van der Waals surface area contributed by atoms with E-state index in [1.54, 1.807) is 51.1 Å². The lowest BCUT2D eigenvalue weighted by atomic mass is 9.95. The van der Waals surface area contributed by atoms with Crippen LogP contribution in [0.4, 0.5) is 9.59 Å². The van der Waals surface area contributed by atoms with Crippen LogP contribution in [0.1, 0.15) is 26.3 Å². The van der Waals surface area contributed by atoms with Gasteiger partial charge in [-0.1, -0.05) is 30.3 Å². The summed E-state index contributed by atoms with van der Waals surface area (Å²) >= 11 is 0. The van der Waals surface area contributed by atoms with Crippen molar-refractivity contribution in [2.24, 2.45) is 0 Å². The highest BCUT2D eigenvalue weighted by Gasteiger charge is 2.63. The zero-order valence-electron chi connectivity index (χ0n) is 15.3. The van der Waals surface area contributed by atoms with Crippen molar-refractivity contribution in [1.29, 1.82) is 0 Å². The molecule has 8 nitrogen and oxygen atoms in total. The van der Waals surface area contributed by atoms with Gasteiger partial charge >= 0.3 is 18.2 Å². The van der Waals surface area contributed by atoms with Gasteiger partial charge in [-0.05, 0) is 20.8 Å². The predicted octanol–water partition coefficient (Wildman–Crippen LogP) is 2.44. The fraction of sp³-hybridized carbons (Fsp3) is 0.500. The van der Waals surface area contributed by atoms with Crippen molar-refractivity contribution < 1.29 is 38.7 Å². The Bertz CT molecular complexity index is 714. The standard InChI is InChI=1S/C18H24N2O6/c1-18(2,3)20(17(25)26)10-9-19(16(23)24,14(12-20)15(21)22)11-13-7-5-4-6-8-13/h4-8,14H,9-12H2,1-3H3,(H-2,21,22,23,24,25,26)/p+2/t14?,19?,20-/m1/s1. The van der Waals surface area contributed by atoms with E-state index in [0.717, 1.165) is 0 Å². The predicted molar refractivity (Wildman–Crippen MR) is 92.5 cm³/mol. The number of carbonyl (C=O) groups is 3. The molecule has 1 fully saturated rings. The van der Waals surface area contributed by atoms with E-state index in [2.05, 4.69) is 0 Å². The molecule has 1 heterocycles. The maximum atomic E-state index is 12.2. The molecule has 3 atom stereocenters. The van der Waals surface area contributed by atoms with Crippen molar-refractivity contribution >= 4 is 18.2 Å². The van der Waals surface area contributed by atoms with Crippen LogP contribution in [0.2, 0.25) is 0 Å². The largest absolute Gasteiger partial charge is 0.514 e. The third-order valence-corrected chi connectivity index (χ3v) is 5.59. The minimum absolute atomic E-state index is 0.00307. The fourth-order valence-corrected chi connectivity index (χ4v) is 3.80. The van der Waals surface area contributed by atoms with E-state index < -0.39 is 38.7 Å². The average Bonchev–Trinajstić information content (AvgIpc) is 2.54. The van der Waals surface area contributed by atoms with Gasteiger partial charge in [-0.3, -0.25) is 0 Å². The van der Waals surface area contributed by atoms with Gasteiger partial charge < -0.3 is 15.3 Å². The van der Waals surface area contributed by atoms with Gasteiger partial charge in [0.25, 0.3) is 0 Å². The van der Waals surface area contributed by atoms with Gasteiger partial charge in [-0.2, -0.15) is 14.1 Å². The van der Waals surface area contributed by atoms with E-state index in [1.807, 2.05) is 0 Å². The first-order valence-electron chi connectivity index (χ1n) is 8.44. The molecule has 0 spiro atoms. The van der Waals surface area contributed by atoms with E-state index in [9.17, 15) is 29.7 Å². The van der Waals surface area contributed by atoms with Crippen LogP contribution in [-0.2, 0) is 11.3 Å². The van der Waals surface area contributed by atoms with E-state index in [0.29, 0.717) is 5.56 Å². The zero-order valence-corrected chi connectivity index (χ0v) is 15.3. The fourth-order valence-electron chi connectivity index (χ4n) is 3.80. The van der Waals surface area contributed by atoms with E-state index in [1.165, 1.54) is 0 Å². The summed E-state index contributed by atoms with van der Waals surface area (Å²) in [5.41, 5.74) is -0.0619. The van der Waals surface area contributed by atoms with Crippen LogP contribution >= 0.6 is 0 Å². The first kappa shape index (κ1) is 19.9. The van der Waals surface area contributed by atoms with Gasteiger partial charge in [0.1, 0.15) is 25.2 Å². The first-order chi connectivity index (χ1) is 12.0. The number of benzene rings is 1. The number of nitrogens with zero attached hydrogens (tertiary/aromatic N) is 2. The third-order valence-electron chi connectivity index (χ3n) is 5.59. The molecule has 1 aliphatic heterocycles. The van der Waals surface area contributed by atoms with Gasteiger partial charge in [0.2, 0.25) is 6.04 Å². The lowest BCUT2D eigenvalue weighted by Crippen LogP contribution is -2.79. The van der Waals surface area contributed by atoms with E-state index in [-0.39, 0.29) is 26.2 Å². The van der Waals surface area contributed by atoms with Crippen LogP contribution in [0.15, 0.2) is 30.3 Å². The molecule has 2 unspecified atom stereocenters. The van der Waals surface area contributed by atoms with E-state index in [4.69, 9.17) is 0 Å². The molecule has 142 valence electrons. The summed E-state index contributed by atoms with van der Waals surface area (Å²) in [4.78, 5) is 36.3. The Labute approximate surface area is 152 Å². The third kappa shape index (κ3) is 3.17. The van der Waals surface area contributed by atoms with Crippen LogP contribution < -0.4 is 0 Å². The Morgan fingerprint density at radius 2 is 1.58 bits per heavy atom. The molecule has 1 saturated heterocycles. The Morgan fingerprint density at radius 3 is 2.00 bits per heavy atom. The number of quaternary nitrogens is 2. The van der Waals surface area contributed by atoms with Crippen molar-refractivity contribution in [3.63, 3.8) is 0 Å². The molecule has 8 heteroatoms. The van der Waals surface area contributed by atoms with Gasteiger partial charge in [0.05, 0.1) is 0 Å². The number of hydrogen-bond donors (Lipinski definition) is 3. The first-order valence-corrected chi connectivity index (χ1v) is 8.44. The number of amides is 2. The Hall–Kier alpha value is -2.45. The monoisotopic (exact) mass is 366 g/mol. The zero-order chi connectivity index (χ0) is 19.8. The summed E-state index contributed by atoms with van der Waals surface area (Å²) in [6, 6.07) is 7.46. The molecule has 2 amide bonds. The number of aliphatic carboxylic acids is 1. The number of hydrogen-bond acceptors (Lipinski definition) is 3. The number of rotatable bonds is 3. The summed E-state index contributed by atoms with van der Waals surface area (Å²) in [7, 11) is 0. The molecule has 1 aromatic rings. The SMILES string of the molecule is CC(C)(C)[N@+]1(C(=O)O)CC[N+](Cc2ccccc2)(C(=O)O)C(C(=O)O)C1. The number of piperazine rings is 1. The molecule has 3 N–H and O–H groups in total. The highest BCUT2D eigenvalue weighted by molar-refractivity contribution is 5.75. The van der Waals surface area contributed by atoms with Crippen LogP contribution in [0.5, 0.6) is 0 Å². The minimum Gasteiger partial charge on any atom is -0.477 e. The Balaban J connectivity index is 2.53. The van der Waals surface area contributed by atoms with E-state index >= 15 is 0 Å². The maximum Gasteiger partial charge on any atom is 0.514 e. The van der Waals surface area contributed by atoms with Crippen molar-refractivity contribution in [3.8, 4) is 0 Å². The van der Waals surface area contributed by atoms with Crippen molar-refractivity contribution in [2.75, 3.05) is 19.6 Å².